The van der Waals surface area contributed by atoms with Gasteiger partial charge in [0.15, 0.2) is 11.4 Å². The lowest BCUT2D eigenvalue weighted by Crippen LogP contribution is -2.40. The molecule has 1 atom stereocenters. The van der Waals surface area contributed by atoms with E-state index in [9.17, 15) is 9.59 Å². The minimum Gasteiger partial charge on any atom is -0.491 e. The molecule has 4 rings (SSSR count). The lowest BCUT2D eigenvalue weighted by Gasteiger charge is -2.26. The van der Waals surface area contributed by atoms with Crippen molar-refractivity contribution in [2.75, 3.05) is 13.2 Å². The van der Waals surface area contributed by atoms with Crippen molar-refractivity contribution in [1.82, 2.24) is 4.57 Å². The topological polar surface area (TPSA) is 103 Å². The summed E-state index contributed by atoms with van der Waals surface area (Å²) in [6.45, 7) is 7.37. The Morgan fingerprint density at radius 2 is 2.08 bits per heavy atom. The quantitative estimate of drug-likeness (QED) is 0.244. The van der Waals surface area contributed by atoms with Crippen LogP contribution in [0.5, 0.6) is 11.5 Å². The maximum absolute atomic E-state index is 14.0. The van der Waals surface area contributed by atoms with Crippen molar-refractivity contribution in [3.8, 4) is 17.6 Å². The third-order valence-electron chi connectivity index (χ3n) is 5.70. The molecule has 1 aliphatic rings. The fourth-order valence-electron chi connectivity index (χ4n) is 4.24. The molecule has 11 heteroatoms. The Hall–Kier alpha value is -2.95. The van der Waals surface area contributed by atoms with E-state index >= 15 is 0 Å². The average molecular weight is 722 g/mol. The zero-order valence-electron chi connectivity index (χ0n) is 21.7. The van der Waals surface area contributed by atoms with Crippen LogP contribution in [-0.2, 0) is 9.53 Å². The van der Waals surface area contributed by atoms with E-state index in [2.05, 4.69) is 43.5 Å². The Morgan fingerprint density at radius 1 is 1.33 bits per heavy atom. The van der Waals surface area contributed by atoms with E-state index in [0.717, 1.165) is 8.04 Å². The molecule has 2 aromatic carbocycles. The largest absolute Gasteiger partial charge is 0.491 e. The van der Waals surface area contributed by atoms with E-state index in [1.54, 1.807) is 19.9 Å². The molecule has 0 saturated heterocycles. The summed E-state index contributed by atoms with van der Waals surface area (Å²) in [5.41, 5.74) is 1.73. The summed E-state index contributed by atoms with van der Waals surface area (Å²) in [6, 6.07) is 12.2. The molecule has 0 fully saturated rings. The average Bonchev–Trinajstić information content (AvgIpc) is 3.17. The number of halogens is 2. The summed E-state index contributed by atoms with van der Waals surface area (Å²) in [7, 11) is 0. The molecule has 39 heavy (non-hydrogen) atoms. The van der Waals surface area contributed by atoms with Crippen molar-refractivity contribution < 1.29 is 19.0 Å². The van der Waals surface area contributed by atoms with Crippen LogP contribution in [-0.4, -0.2) is 29.9 Å². The Balaban J connectivity index is 2.00. The second-order valence-electron chi connectivity index (χ2n) is 8.76. The molecule has 1 aliphatic heterocycles. The smallest absolute Gasteiger partial charge is 0.338 e. The summed E-state index contributed by atoms with van der Waals surface area (Å²) < 4.78 is 20.7. The van der Waals surface area contributed by atoms with Gasteiger partial charge in [-0.05, 0) is 74.6 Å². The van der Waals surface area contributed by atoms with Gasteiger partial charge in [-0.3, -0.25) is 9.36 Å². The van der Waals surface area contributed by atoms with Gasteiger partial charge in [0, 0.05) is 15.6 Å². The maximum atomic E-state index is 14.0. The molecule has 0 bridgehead atoms. The van der Waals surface area contributed by atoms with Crippen LogP contribution < -0.4 is 24.4 Å². The number of nitriles is 1. The summed E-state index contributed by atoms with van der Waals surface area (Å²) in [5.74, 6) is 0.533. The van der Waals surface area contributed by atoms with Gasteiger partial charge in [-0.2, -0.15) is 5.26 Å². The Kier molecular flexibility index (Phi) is 9.30. The van der Waals surface area contributed by atoms with Crippen molar-refractivity contribution in [1.29, 1.82) is 5.26 Å². The van der Waals surface area contributed by atoms with Gasteiger partial charge < -0.3 is 14.2 Å². The fourth-order valence-corrected chi connectivity index (χ4v) is 6.98. The van der Waals surface area contributed by atoms with E-state index in [4.69, 9.17) is 19.5 Å². The first kappa shape index (κ1) is 29.0. The highest BCUT2D eigenvalue weighted by molar-refractivity contribution is 14.1. The van der Waals surface area contributed by atoms with Crippen molar-refractivity contribution >= 4 is 61.9 Å². The zero-order valence-corrected chi connectivity index (χ0v) is 26.2. The number of thiazole rings is 1. The van der Waals surface area contributed by atoms with Crippen molar-refractivity contribution in [2.45, 2.75) is 39.8 Å². The lowest BCUT2D eigenvalue weighted by molar-refractivity contribution is -0.139. The number of nitrogens with zero attached hydrogens (tertiary/aromatic N) is 3. The molecular formula is C28H25BrIN3O5S. The molecule has 0 aliphatic carbocycles. The molecule has 2 heterocycles. The van der Waals surface area contributed by atoms with Gasteiger partial charge in [0.2, 0.25) is 0 Å². The van der Waals surface area contributed by atoms with E-state index < -0.39 is 12.0 Å². The monoisotopic (exact) mass is 721 g/mol. The van der Waals surface area contributed by atoms with Crippen LogP contribution in [0.15, 0.2) is 61.9 Å². The van der Waals surface area contributed by atoms with E-state index in [0.29, 0.717) is 37.7 Å². The van der Waals surface area contributed by atoms with Gasteiger partial charge in [0.25, 0.3) is 5.56 Å². The van der Waals surface area contributed by atoms with Crippen LogP contribution in [0.3, 0.4) is 0 Å². The molecule has 0 N–H and O–H groups in total. The van der Waals surface area contributed by atoms with Crippen LogP contribution in [0.2, 0.25) is 0 Å². The van der Waals surface area contributed by atoms with E-state index in [1.807, 2.05) is 56.3 Å². The lowest BCUT2D eigenvalue weighted by atomic mass is 9.95. The van der Waals surface area contributed by atoms with Gasteiger partial charge in [-0.25, -0.2) is 9.79 Å². The first-order valence-electron chi connectivity index (χ1n) is 12.1. The van der Waals surface area contributed by atoms with E-state index in [1.165, 1.54) is 15.9 Å². The standard InChI is InChI=1S/C28H25BrIN3O5S/c1-5-36-27(35)23-16(4)32-28-33(24(23)19-8-6-7-9-21(19)38-15(2)3)26(34)22(39-28)13-17-12-18(29)14-20(30)25(17)37-11-10-31/h6-9,12-15,24H,5,11H2,1-4H3/b22-13-/t24-/m0/s1. The predicted molar refractivity (Wildman–Crippen MR) is 161 cm³/mol. The Morgan fingerprint density at radius 3 is 2.77 bits per heavy atom. The second-order valence-corrected chi connectivity index (χ2v) is 11.8. The van der Waals surface area contributed by atoms with Crippen LogP contribution in [0.1, 0.15) is 44.9 Å². The number of carbonyl (C=O) groups excluding carboxylic acids is 1. The Labute approximate surface area is 251 Å². The summed E-state index contributed by atoms with van der Waals surface area (Å²) in [5, 5.41) is 9.04. The summed E-state index contributed by atoms with van der Waals surface area (Å²) >= 11 is 6.84. The minimum atomic E-state index is -0.797. The number of benzene rings is 2. The van der Waals surface area contributed by atoms with Gasteiger partial charge in [0.1, 0.15) is 23.6 Å². The number of hydrogen-bond donors (Lipinski definition) is 0. The number of carbonyl (C=O) groups is 1. The number of aromatic nitrogens is 1. The van der Waals surface area contributed by atoms with Gasteiger partial charge in [-0.1, -0.05) is 45.5 Å². The van der Waals surface area contributed by atoms with Gasteiger partial charge in [0.05, 0.1) is 32.1 Å². The van der Waals surface area contributed by atoms with Crippen molar-refractivity contribution in [3.63, 3.8) is 0 Å². The zero-order chi connectivity index (χ0) is 28.3. The highest BCUT2D eigenvalue weighted by atomic mass is 127. The third kappa shape index (κ3) is 6.13. The first-order valence-corrected chi connectivity index (χ1v) is 14.8. The fraction of sp³-hybridized carbons (Fsp3) is 0.286. The number of esters is 1. The van der Waals surface area contributed by atoms with Crippen LogP contribution in [0.25, 0.3) is 6.08 Å². The molecular weight excluding hydrogens is 697 g/mol. The number of hydrogen-bond acceptors (Lipinski definition) is 8. The molecule has 3 aromatic rings. The number of fused-ring (bicyclic) bond motifs is 1. The van der Waals surface area contributed by atoms with Crippen molar-refractivity contribution in [3.05, 3.63) is 86.5 Å². The maximum Gasteiger partial charge on any atom is 0.338 e. The highest BCUT2D eigenvalue weighted by Gasteiger charge is 2.35. The van der Waals surface area contributed by atoms with E-state index in [-0.39, 0.29) is 30.5 Å². The number of ether oxygens (including phenoxy) is 3. The minimum absolute atomic E-state index is 0.121. The van der Waals surface area contributed by atoms with Crippen LogP contribution in [0, 0.1) is 14.9 Å². The molecule has 0 spiro atoms. The molecule has 202 valence electrons. The summed E-state index contributed by atoms with van der Waals surface area (Å²) in [6.07, 6.45) is 1.60. The molecule has 0 saturated carbocycles. The first-order chi connectivity index (χ1) is 18.7. The summed E-state index contributed by atoms with van der Waals surface area (Å²) in [4.78, 5) is 32.3. The molecule has 8 nitrogen and oxygen atoms in total. The molecule has 0 amide bonds. The van der Waals surface area contributed by atoms with Gasteiger partial charge in [-0.15, -0.1) is 0 Å². The number of rotatable bonds is 8. The highest BCUT2D eigenvalue weighted by Crippen LogP contribution is 2.36. The van der Waals surface area contributed by atoms with Crippen molar-refractivity contribution in [2.24, 2.45) is 4.99 Å². The molecule has 0 unspecified atom stereocenters. The van der Waals surface area contributed by atoms with Crippen LogP contribution in [0.4, 0.5) is 0 Å². The number of para-hydroxylation sites is 1. The van der Waals surface area contributed by atoms with Crippen LogP contribution >= 0.6 is 49.9 Å². The number of allylic oxidation sites excluding steroid dienone is 1. The Bertz CT molecular complexity index is 1690. The normalized spacial score (nSPS) is 15.0. The second kappa shape index (κ2) is 12.5. The predicted octanol–water partition coefficient (Wildman–Crippen LogP) is 4.85. The third-order valence-corrected chi connectivity index (χ3v) is 7.94. The SMILES string of the molecule is CCOC(=O)C1=C(C)N=c2s/c(=C\c3cc(Br)cc(I)c3OCC#N)c(=O)n2[C@H]1c1ccccc1OC(C)C. The molecule has 1 aromatic heterocycles. The van der Waals surface area contributed by atoms with Gasteiger partial charge >= 0.3 is 5.97 Å². The molecule has 0 radical (unpaired) electrons.